The van der Waals surface area contributed by atoms with Crippen molar-refractivity contribution in [1.82, 2.24) is 4.98 Å². The van der Waals surface area contributed by atoms with Crippen molar-refractivity contribution >= 4 is 27.3 Å². The van der Waals surface area contributed by atoms with Crippen molar-refractivity contribution in [3.05, 3.63) is 43.8 Å². The van der Waals surface area contributed by atoms with Gasteiger partial charge in [-0.3, -0.25) is 0 Å². The van der Waals surface area contributed by atoms with Crippen LogP contribution in [0.3, 0.4) is 0 Å². The molecular weight excluding hydrogens is 326 g/mol. The Morgan fingerprint density at radius 3 is 2.74 bits per heavy atom. The lowest BCUT2D eigenvalue weighted by molar-refractivity contribution is 0.174. The van der Waals surface area contributed by atoms with E-state index < -0.39 is 6.10 Å². The maximum absolute atomic E-state index is 10.4. The number of hydrogen-bond donors (Lipinski definition) is 1. The molecule has 5 heteroatoms. The highest BCUT2D eigenvalue weighted by molar-refractivity contribution is 9.10. The van der Waals surface area contributed by atoms with Gasteiger partial charge in [-0.2, -0.15) is 0 Å². The summed E-state index contributed by atoms with van der Waals surface area (Å²) in [6, 6.07) is 5.63. The summed E-state index contributed by atoms with van der Waals surface area (Å²) in [7, 11) is 1.61. The number of aliphatic hydroxyl groups is 1. The van der Waals surface area contributed by atoms with Crippen LogP contribution in [0.1, 0.15) is 27.2 Å². The van der Waals surface area contributed by atoms with Gasteiger partial charge in [0.05, 0.1) is 23.9 Å². The first kappa shape index (κ1) is 14.5. The lowest BCUT2D eigenvalue weighted by atomic mass is 10.1. The van der Waals surface area contributed by atoms with Gasteiger partial charge in [-0.05, 0) is 32.0 Å². The standard InChI is InChI=1S/C14H16BrNO2S/c1-8-9(2)19-14(16-8)7-12(17)11-6-10(15)4-5-13(11)18-3/h4-6,12,17H,7H2,1-3H3. The summed E-state index contributed by atoms with van der Waals surface area (Å²) in [5.74, 6) is 0.695. The van der Waals surface area contributed by atoms with E-state index in [2.05, 4.69) is 20.9 Å². The van der Waals surface area contributed by atoms with Crippen LogP contribution < -0.4 is 4.74 Å². The Bertz CT molecular complexity index is 563. The van der Waals surface area contributed by atoms with Crippen LogP contribution in [0.4, 0.5) is 0 Å². The number of nitrogens with zero attached hydrogens (tertiary/aromatic N) is 1. The molecule has 19 heavy (non-hydrogen) atoms. The number of thiazole rings is 1. The number of hydrogen-bond acceptors (Lipinski definition) is 4. The molecule has 0 aliphatic rings. The van der Waals surface area contributed by atoms with Gasteiger partial charge in [0.1, 0.15) is 5.75 Å². The Morgan fingerprint density at radius 2 is 2.16 bits per heavy atom. The van der Waals surface area contributed by atoms with Gasteiger partial charge in [0.25, 0.3) is 0 Å². The minimum Gasteiger partial charge on any atom is -0.496 e. The summed E-state index contributed by atoms with van der Waals surface area (Å²) in [6.07, 6.45) is -0.107. The van der Waals surface area contributed by atoms with Crippen molar-refractivity contribution in [2.24, 2.45) is 0 Å². The summed E-state index contributed by atoms with van der Waals surface area (Å²) in [6.45, 7) is 4.03. The van der Waals surface area contributed by atoms with Crippen LogP contribution in [-0.2, 0) is 6.42 Å². The van der Waals surface area contributed by atoms with Gasteiger partial charge in [-0.15, -0.1) is 11.3 Å². The van der Waals surface area contributed by atoms with Crippen molar-refractivity contribution < 1.29 is 9.84 Å². The van der Waals surface area contributed by atoms with E-state index in [0.29, 0.717) is 12.2 Å². The fraction of sp³-hybridized carbons (Fsp3) is 0.357. The van der Waals surface area contributed by atoms with Crippen LogP contribution in [-0.4, -0.2) is 17.2 Å². The van der Waals surface area contributed by atoms with Crippen molar-refractivity contribution in [3.8, 4) is 5.75 Å². The topological polar surface area (TPSA) is 42.4 Å². The number of ether oxygens (including phenoxy) is 1. The second kappa shape index (κ2) is 6.03. The Morgan fingerprint density at radius 1 is 1.42 bits per heavy atom. The Balaban J connectivity index is 2.24. The number of aromatic nitrogens is 1. The molecule has 1 aromatic carbocycles. The summed E-state index contributed by atoms with van der Waals surface area (Å²) in [4.78, 5) is 5.66. The van der Waals surface area contributed by atoms with Crippen LogP contribution in [0.2, 0.25) is 0 Å². The zero-order valence-corrected chi connectivity index (χ0v) is 13.5. The molecule has 0 bridgehead atoms. The highest BCUT2D eigenvalue weighted by Crippen LogP contribution is 2.31. The predicted octanol–water partition coefficient (Wildman–Crippen LogP) is 3.81. The number of halogens is 1. The molecule has 1 heterocycles. The molecule has 3 nitrogen and oxygen atoms in total. The molecule has 102 valence electrons. The SMILES string of the molecule is COc1ccc(Br)cc1C(O)Cc1nc(C)c(C)s1. The third-order valence-electron chi connectivity index (χ3n) is 2.99. The van der Waals surface area contributed by atoms with Crippen LogP contribution in [0, 0.1) is 13.8 Å². The van der Waals surface area contributed by atoms with E-state index in [-0.39, 0.29) is 0 Å². The van der Waals surface area contributed by atoms with E-state index >= 15 is 0 Å². The third kappa shape index (κ3) is 3.35. The molecule has 1 N–H and O–H groups in total. The molecule has 0 radical (unpaired) electrons. The second-order valence-electron chi connectivity index (χ2n) is 4.36. The van der Waals surface area contributed by atoms with E-state index in [1.807, 2.05) is 32.0 Å². The molecule has 1 unspecified atom stereocenters. The first-order chi connectivity index (χ1) is 9.01. The average molecular weight is 342 g/mol. The molecule has 0 amide bonds. The van der Waals surface area contributed by atoms with Crippen LogP contribution in [0.25, 0.3) is 0 Å². The lowest BCUT2D eigenvalue weighted by Crippen LogP contribution is -2.04. The highest BCUT2D eigenvalue weighted by atomic mass is 79.9. The summed E-state index contributed by atoms with van der Waals surface area (Å²) < 4.78 is 6.22. The predicted molar refractivity (Wildman–Crippen MR) is 80.9 cm³/mol. The van der Waals surface area contributed by atoms with Crippen LogP contribution in [0.15, 0.2) is 22.7 Å². The van der Waals surface area contributed by atoms with E-state index in [0.717, 1.165) is 20.7 Å². The largest absolute Gasteiger partial charge is 0.496 e. The minimum atomic E-state index is -0.614. The zero-order valence-electron chi connectivity index (χ0n) is 11.1. The minimum absolute atomic E-state index is 0.506. The molecule has 2 aromatic rings. The fourth-order valence-corrected chi connectivity index (χ4v) is 3.22. The zero-order chi connectivity index (χ0) is 14.0. The van der Waals surface area contributed by atoms with Gasteiger partial charge in [-0.1, -0.05) is 15.9 Å². The third-order valence-corrected chi connectivity index (χ3v) is 4.58. The molecule has 2 rings (SSSR count). The first-order valence-electron chi connectivity index (χ1n) is 5.95. The van der Waals surface area contributed by atoms with Crippen molar-refractivity contribution in [1.29, 1.82) is 0 Å². The van der Waals surface area contributed by atoms with Gasteiger partial charge in [0, 0.05) is 21.3 Å². The first-order valence-corrected chi connectivity index (χ1v) is 7.56. The van der Waals surface area contributed by atoms with Gasteiger partial charge in [-0.25, -0.2) is 4.98 Å². The van der Waals surface area contributed by atoms with E-state index in [1.54, 1.807) is 18.4 Å². The molecular formula is C14H16BrNO2S. The number of aryl methyl sites for hydroxylation is 2. The molecule has 0 fully saturated rings. The Kier molecular flexibility index (Phi) is 4.60. The van der Waals surface area contributed by atoms with E-state index in [1.165, 1.54) is 4.88 Å². The summed E-state index contributed by atoms with van der Waals surface area (Å²) in [5, 5.41) is 11.3. The van der Waals surface area contributed by atoms with E-state index in [9.17, 15) is 5.11 Å². The van der Waals surface area contributed by atoms with Gasteiger partial charge >= 0.3 is 0 Å². The molecule has 1 atom stereocenters. The quantitative estimate of drug-likeness (QED) is 0.919. The summed E-state index contributed by atoms with van der Waals surface area (Å²) >= 11 is 5.05. The fourth-order valence-electron chi connectivity index (χ4n) is 1.87. The smallest absolute Gasteiger partial charge is 0.124 e. The highest BCUT2D eigenvalue weighted by Gasteiger charge is 2.16. The maximum atomic E-state index is 10.4. The molecule has 0 spiro atoms. The number of methoxy groups -OCH3 is 1. The number of rotatable bonds is 4. The lowest BCUT2D eigenvalue weighted by Gasteiger charge is -2.14. The normalized spacial score (nSPS) is 12.5. The van der Waals surface area contributed by atoms with Gasteiger partial charge < -0.3 is 9.84 Å². The Hall–Kier alpha value is -0.910. The molecule has 0 saturated carbocycles. The van der Waals surface area contributed by atoms with Gasteiger partial charge in [0.15, 0.2) is 0 Å². The van der Waals surface area contributed by atoms with Crippen LogP contribution >= 0.6 is 27.3 Å². The van der Waals surface area contributed by atoms with Crippen molar-refractivity contribution in [2.45, 2.75) is 26.4 Å². The number of benzene rings is 1. The van der Waals surface area contributed by atoms with Gasteiger partial charge in [0.2, 0.25) is 0 Å². The van der Waals surface area contributed by atoms with E-state index in [4.69, 9.17) is 4.74 Å². The number of aliphatic hydroxyl groups excluding tert-OH is 1. The maximum Gasteiger partial charge on any atom is 0.124 e. The van der Waals surface area contributed by atoms with Crippen LogP contribution in [0.5, 0.6) is 5.75 Å². The second-order valence-corrected chi connectivity index (χ2v) is 6.56. The van der Waals surface area contributed by atoms with Crippen molar-refractivity contribution in [3.63, 3.8) is 0 Å². The monoisotopic (exact) mass is 341 g/mol. The molecule has 0 aliphatic heterocycles. The molecule has 1 aromatic heterocycles. The Labute approximate surface area is 125 Å². The molecule has 0 saturated heterocycles. The molecule has 0 aliphatic carbocycles. The average Bonchev–Trinajstić information content (AvgIpc) is 2.68. The van der Waals surface area contributed by atoms with Crippen molar-refractivity contribution in [2.75, 3.05) is 7.11 Å². The summed E-state index contributed by atoms with van der Waals surface area (Å²) in [5.41, 5.74) is 1.82.